The maximum absolute atomic E-state index is 14.5. The van der Waals surface area contributed by atoms with Crippen LogP contribution in [0.2, 0.25) is 0 Å². The zero-order valence-corrected chi connectivity index (χ0v) is 17.3. The van der Waals surface area contributed by atoms with Crippen molar-refractivity contribution in [3.63, 3.8) is 0 Å². The molecule has 4 unspecified atom stereocenters. The summed E-state index contributed by atoms with van der Waals surface area (Å²) in [6.07, 6.45) is 15.7. The van der Waals surface area contributed by atoms with E-state index in [4.69, 9.17) is 0 Å². The molecule has 0 aliphatic heterocycles. The van der Waals surface area contributed by atoms with Crippen LogP contribution in [0.25, 0.3) is 0 Å². The molecule has 26 heavy (non-hydrogen) atoms. The maximum Gasteiger partial charge on any atom is 0.134 e. The van der Waals surface area contributed by atoms with Gasteiger partial charge < -0.3 is 0 Å². The van der Waals surface area contributed by atoms with Gasteiger partial charge in [-0.25, -0.2) is 8.78 Å². The molecule has 3 fully saturated rings. The van der Waals surface area contributed by atoms with Crippen molar-refractivity contribution < 1.29 is 8.78 Å². The van der Waals surface area contributed by atoms with Gasteiger partial charge in [-0.1, -0.05) is 78.1 Å². The first-order chi connectivity index (χ1) is 12.6. The fourth-order valence-corrected chi connectivity index (χ4v) is 6.41. The molecule has 0 aromatic rings. The number of rotatable bonds is 6. The van der Waals surface area contributed by atoms with Crippen LogP contribution in [0.3, 0.4) is 0 Å². The molecule has 0 aromatic carbocycles. The smallest absolute Gasteiger partial charge is 0.134 e. The summed E-state index contributed by atoms with van der Waals surface area (Å²) >= 11 is 0. The highest BCUT2D eigenvalue weighted by molar-refractivity contribution is 4.91. The third-order valence-electron chi connectivity index (χ3n) is 8.36. The Morgan fingerprint density at radius 1 is 0.615 bits per heavy atom. The van der Waals surface area contributed by atoms with E-state index in [0.29, 0.717) is 5.92 Å². The summed E-state index contributed by atoms with van der Waals surface area (Å²) < 4.78 is 28.6. The van der Waals surface area contributed by atoms with Gasteiger partial charge in [-0.15, -0.1) is 0 Å². The van der Waals surface area contributed by atoms with Gasteiger partial charge in [0, 0.05) is 0 Å². The van der Waals surface area contributed by atoms with Crippen LogP contribution in [-0.4, -0.2) is 12.3 Å². The average Bonchev–Trinajstić information content (AvgIpc) is 2.67. The highest BCUT2D eigenvalue weighted by atomic mass is 19.2. The van der Waals surface area contributed by atoms with E-state index in [1.807, 2.05) is 6.92 Å². The van der Waals surface area contributed by atoms with Crippen LogP contribution in [0.4, 0.5) is 8.78 Å². The molecule has 0 heterocycles. The molecule has 0 aromatic heterocycles. The van der Waals surface area contributed by atoms with Gasteiger partial charge in [0.05, 0.1) is 0 Å². The van der Waals surface area contributed by atoms with E-state index in [9.17, 15) is 8.78 Å². The van der Waals surface area contributed by atoms with Gasteiger partial charge in [-0.2, -0.15) is 0 Å². The standard InChI is InChI=1S/C24H42F2/c1-3-4-18-6-8-19(9-7-18)10-11-20-12-14-21(15-13-20)22-16-5-17(2)23(25)24(22)26/h17-24H,3-16H2,1-2H3. The largest absolute Gasteiger partial charge is 0.244 e. The summed E-state index contributed by atoms with van der Waals surface area (Å²) in [5.41, 5.74) is 0. The first-order valence-electron chi connectivity index (χ1n) is 11.9. The Hall–Kier alpha value is -0.140. The van der Waals surface area contributed by atoms with Crippen molar-refractivity contribution in [2.24, 2.45) is 35.5 Å². The van der Waals surface area contributed by atoms with Crippen LogP contribution in [0, 0.1) is 35.5 Å². The summed E-state index contributed by atoms with van der Waals surface area (Å²) in [5.74, 6) is 3.24. The minimum atomic E-state index is -1.21. The topological polar surface area (TPSA) is 0 Å². The van der Waals surface area contributed by atoms with Crippen molar-refractivity contribution in [1.29, 1.82) is 0 Å². The Bertz CT molecular complexity index is 393. The first-order valence-corrected chi connectivity index (χ1v) is 11.9. The predicted molar refractivity (Wildman–Crippen MR) is 107 cm³/mol. The molecule has 2 heteroatoms. The lowest BCUT2D eigenvalue weighted by Gasteiger charge is -2.41. The minimum absolute atomic E-state index is 0.0102. The number of alkyl halides is 2. The molecular weight excluding hydrogens is 326 g/mol. The summed E-state index contributed by atoms with van der Waals surface area (Å²) in [6, 6.07) is 0. The normalized spacial score (nSPS) is 44.8. The third kappa shape index (κ3) is 5.22. The van der Waals surface area contributed by atoms with E-state index in [1.54, 1.807) is 0 Å². The van der Waals surface area contributed by atoms with Gasteiger partial charge >= 0.3 is 0 Å². The van der Waals surface area contributed by atoms with E-state index in [-0.39, 0.29) is 11.8 Å². The zero-order chi connectivity index (χ0) is 18.5. The fourth-order valence-electron chi connectivity index (χ4n) is 6.41. The van der Waals surface area contributed by atoms with Crippen LogP contribution in [0.5, 0.6) is 0 Å². The van der Waals surface area contributed by atoms with Gasteiger partial charge in [-0.05, 0) is 61.2 Å². The molecule has 0 radical (unpaired) electrons. The first kappa shape index (κ1) is 20.6. The Morgan fingerprint density at radius 2 is 1.12 bits per heavy atom. The molecule has 0 spiro atoms. The number of halogens is 2. The van der Waals surface area contributed by atoms with Gasteiger partial charge in [0.2, 0.25) is 0 Å². The summed E-state index contributed by atoms with van der Waals surface area (Å²) in [6.45, 7) is 4.19. The lowest BCUT2D eigenvalue weighted by molar-refractivity contribution is -0.00689. The molecule has 3 rings (SSSR count). The highest BCUT2D eigenvalue weighted by Gasteiger charge is 2.42. The molecule has 3 saturated carbocycles. The molecule has 0 bridgehead atoms. The Labute approximate surface area is 160 Å². The van der Waals surface area contributed by atoms with Crippen LogP contribution >= 0.6 is 0 Å². The quantitative estimate of drug-likeness (QED) is 0.447. The second kappa shape index (κ2) is 9.87. The van der Waals surface area contributed by atoms with Gasteiger partial charge in [0.15, 0.2) is 0 Å². The Kier molecular flexibility index (Phi) is 7.82. The summed E-state index contributed by atoms with van der Waals surface area (Å²) in [5, 5.41) is 0. The lowest BCUT2D eigenvalue weighted by Crippen LogP contribution is -2.41. The van der Waals surface area contributed by atoms with Crippen molar-refractivity contribution in [1.82, 2.24) is 0 Å². The van der Waals surface area contributed by atoms with Crippen LogP contribution < -0.4 is 0 Å². The van der Waals surface area contributed by atoms with Crippen molar-refractivity contribution >= 4 is 0 Å². The number of hydrogen-bond acceptors (Lipinski definition) is 0. The van der Waals surface area contributed by atoms with Crippen LogP contribution in [0.1, 0.15) is 104 Å². The lowest BCUT2D eigenvalue weighted by atomic mass is 9.67. The molecule has 152 valence electrons. The number of hydrogen-bond donors (Lipinski definition) is 0. The van der Waals surface area contributed by atoms with Crippen LogP contribution in [0.15, 0.2) is 0 Å². The molecule has 4 atom stereocenters. The molecule has 0 N–H and O–H groups in total. The van der Waals surface area contributed by atoms with Gasteiger partial charge in [0.25, 0.3) is 0 Å². The second-order valence-corrected chi connectivity index (χ2v) is 10.1. The third-order valence-corrected chi connectivity index (χ3v) is 8.36. The van der Waals surface area contributed by atoms with E-state index < -0.39 is 12.3 Å². The van der Waals surface area contributed by atoms with Crippen LogP contribution in [-0.2, 0) is 0 Å². The van der Waals surface area contributed by atoms with Crippen molar-refractivity contribution in [3.8, 4) is 0 Å². The van der Waals surface area contributed by atoms with Crippen molar-refractivity contribution in [2.75, 3.05) is 0 Å². The van der Waals surface area contributed by atoms with Gasteiger partial charge in [-0.3, -0.25) is 0 Å². The monoisotopic (exact) mass is 368 g/mol. The average molecular weight is 369 g/mol. The Balaban J connectivity index is 1.34. The van der Waals surface area contributed by atoms with E-state index in [1.165, 1.54) is 64.2 Å². The minimum Gasteiger partial charge on any atom is -0.244 e. The Morgan fingerprint density at radius 3 is 1.65 bits per heavy atom. The molecule has 3 aliphatic carbocycles. The second-order valence-electron chi connectivity index (χ2n) is 10.1. The maximum atomic E-state index is 14.5. The van der Waals surface area contributed by atoms with E-state index in [0.717, 1.165) is 43.4 Å². The molecule has 0 nitrogen and oxygen atoms in total. The molecule has 3 aliphatic rings. The molecular formula is C24H42F2. The van der Waals surface area contributed by atoms with Crippen molar-refractivity contribution in [2.45, 2.75) is 116 Å². The fraction of sp³-hybridized carbons (Fsp3) is 1.00. The van der Waals surface area contributed by atoms with Crippen molar-refractivity contribution in [3.05, 3.63) is 0 Å². The SMILES string of the molecule is CCCC1CCC(CCC2CCC(C3CCC(C)C(F)C3F)CC2)CC1. The van der Waals surface area contributed by atoms with Gasteiger partial charge in [0.1, 0.15) is 12.3 Å². The molecule has 0 saturated heterocycles. The van der Waals surface area contributed by atoms with E-state index in [2.05, 4.69) is 6.92 Å². The summed E-state index contributed by atoms with van der Waals surface area (Å²) in [4.78, 5) is 0. The zero-order valence-electron chi connectivity index (χ0n) is 17.3. The highest BCUT2D eigenvalue weighted by Crippen LogP contribution is 2.45. The molecule has 0 amide bonds. The van der Waals surface area contributed by atoms with E-state index >= 15 is 0 Å². The predicted octanol–water partition coefficient (Wildman–Crippen LogP) is 7.90. The summed E-state index contributed by atoms with van der Waals surface area (Å²) in [7, 11) is 0.